The Morgan fingerprint density at radius 2 is 2.25 bits per heavy atom. The number of ether oxygens (including phenoxy) is 1. The van der Waals surface area contributed by atoms with Crippen LogP contribution in [0.3, 0.4) is 0 Å². The van der Waals surface area contributed by atoms with Crippen LogP contribution in [0.5, 0.6) is 0 Å². The highest BCUT2D eigenvalue weighted by atomic mass is 16.5. The number of carbonyl (C=O) groups excluding carboxylic acids is 1. The molecule has 2 atom stereocenters. The molecule has 0 saturated carbocycles. The van der Waals surface area contributed by atoms with Gasteiger partial charge < -0.3 is 9.64 Å². The average molecular weight is 275 g/mol. The van der Waals surface area contributed by atoms with Crippen molar-refractivity contribution in [2.45, 2.75) is 25.5 Å². The third-order valence-corrected chi connectivity index (χ3v) is 4.26. The predicted molar refractivity (Wildman–Crippen MR) is 75.7 cm³/mol. The molecule has 0 spiro atoms. The van der Waals surface area contributed by atoms with Crippen LogP contribution in [0.15, 0.2) is 18.2 Å². The summed E-state index contributed by atoms with van der Waals surface area (Å²) in [6.45, 7) is 5.13. The third-order valence-electron chi connectivity index (χ3n) is 4.26. The van der Waals surface area contributed by atoms with Crippen LogP contribution in [0.1, 0.15) is 22.6 Å². The topological polar surface area (TPSA) is 45.7 Å². The molecular formula is C15H21N3O2. The summed E-state index contributed by atoms with van der Waals surface area (Å²) in [4.78, 5) is 21.1. The minimum absolute atomic E-state index is 0.0334. The summed E-state index contributed by atoms with van der Waals surface area (Å²) in [5.41, 5.74) is 1.42. The summed E-state index contributed by atoms with van der Waals surface area (Å²) in [5.74, 6) is 0.0334. The summed E-state index contributed by atoms with van der Waals surface area (Å²) in [6.07, 6.45) is 1.18. The third kappa shape index (κ3) is 2.55. The summed E-state index contributed by atoms with van der Waals surface area (Å²) in [5, 5.41) is 0. The molecule has 2 aliphatic rings. The van der Waals surface area contributed by atoms with E-state index in [4.69, 9.17) is 4.74 Å². The van der Waals surface area contributed by atoms with E-state index >= 15 is 0 Å². The lowest BCUT2D eigenvalue weighted by Gasteiger charge is -2.45. The number of rotatable bonds is 1. The number of aryl methyl sites for hydroxylation is 1. The van der Waals surface area contributed by atoms with Crippen molar-refractivity contribution in [1.29, 1.82) is 0 Å². The van der Waals surface area contributed by atoms with Crippen LogP contribution in [-0.2, 0) is 4.74 Å². The highest BCUT2D eigenvalue weighted by molar-refractivity contribution is 5.92. The number of likely N-dealkylation sites (N-methyl/N-ethyl adjacent to an activating group) is 1. The van der Waals surface area contributed by atoms with Gasteiger partial charge in [0.15, 0.2) is 0 Å². The fourth-order valence-corrected chi connectivity index (χ4v) is 3.05. The van der Waals surface area contributed by atoms with Crippen molar-refractivity contribution in [3.05, 3.63) is 29.6 Å². The maximum Gasteiger partial charge on any atom is 0.272 e. The standard InChI is InChI=1S/C15H21N3O2/c1-11-4-3-5-12(16-11)15(19)18-7-6-14-13(10-18)17(2)8-9-20-14/h3-5,13-14H,6-10H2,1-2H3/t13-,14-/m1/s1. The molecule has 5 heteroatoms. The van der Waals surface area contributed by atoms with Gasteiger partial charge in [-0.05, 0) is 32.5 Å². The van der Waals surface area contributed by atoms with E-state index < -0.39 is 0 Å². The molecule has 5 nitrogen and oxygen atoms in total. The zero-order valence-corrected chi connectivity index (χ0v) is 12.1. The quantitative estimate of drug-likeness (QED) is 0.765. The number of amides is 1. The molecule has 0 bridgehead atoms. The highest BCUT2D eigenvalue weighted by Crippen LogP contribution is 2.22. The number of nitrogens with zero attached hydrogens (tertiary/aromatic N) is 3. The van der Waals surface area contributed by atoms with Gasteiger partial charge in [0.25, 0.3) is 5.91 Å². The van der Waals surface area contributed by atoms with Crippen molar-refractivity contribution >= 4 is 5.91 Å². The minimum Gasteiger partial charge on any atom is -0.375 e. The van der Waals surface area contributed by atoms with E-state index in [-0.39, 0.29) is 12.0 Å². The summed E-state index contributed by atoms with van der Waals surface area (Å²) < 4.78 is 5.81. The van der Waals surface area contributed by atoms with E-state index in [1.807, 2.05) is 24.0 Å². The maximum absolute atomic E-state index is 12.5. The summed E-state index contributed by atoms with van der Waals surface area (Å²) >= 11 is 0. The van der Waals surface area contributed by atoms with Crippen LogP contribution in [0.25, 0.3) is 0 Å². The number of hydrogen-bond donors (Lipinski definition) is 0. The molecule has 0 aliphatic carbocycles. The van der Waals surface area contributed by atoms with Gasteiger partial charge in [-0.3, -0.25) is 9.69 Å². The van der Waals surface area contributed by atoms with E-state index in [1.165, 1.54) is 0 Å². The van der Waals surface area contributed by atoms with Crippen molar-refractivity contribution in [2.24, 2.45) is 0 Å². The SMILES string of the molecule is Cc1cccc(C(=O)N2CC[C@H]3OCCN(C)[C@@H]3C2)n1. The Labute approximate surface area is 119 Å². The Morgan fingerprint density at radius 1 is 1.40 bits per heavy atom. The van der Waals surface area contributed by atoms with Crippen LogP contribution in [-0.4, -0.2) is 66.1 Å². The van der Waals surface area contributed by atoms with Crippen LogP contribution < -0.4 is 0 Å². The second-order valence-corrected chi connectivity index (χ2v) is 5.66. The van der Waals surface area contributed by atoms with Gasteiger partial charge >= 0.3 is 0 Å². The highest BCUT2D eigenvalue weighted by Gasteiger charge is 2.37. The predicted octanol–water partition coefficient (Wildman–Crippen LogP) is 0.935. The molecule has 20 heavy (non-hydrogen) atoms. The van der Waals surface area contributed by atoms with Gasteiger partial charge in [0.05, 0.1) is 18.8 Å². The van der Waals surface area contributed by atoms with Gasteiger partial charge in [-0.1, -0.05) is 6.07 Å². The van der Waals surface area contributed by atoms with Gasteiger partial charge in [-0.2, -0.15) is 0 Å². The number of aromatic nitrogens is 1. The average Bonchev–Trinajstić information content (AvgIpc) is 2.47. The smallest absolute Gasteiger partial charge is 0.272 e. The van der Waals surface area contributed by atoms with E-state index in [9.17, 15) is 4.79 Å². The molecular weight excluding hydrogens is 254 g/mol. The zero-order chi connectivity index (χ0) is 14.1. The Balaban J connectivity index is 1.73. The lowest BCUT2D eigenvalue weighted by molar-refractivity contribution is -0.0894. The van der Waals surface area contributed by atoms with Crippen LogP contribution in [0, 0.1) is 6.92 Å². The van der Waals surface area contributed by atoms with E-state index in [0.717, 1.165) is 38.4 Å². The number of pyridine rings is 1. The maximum atomic E-state index is 12.5. The Morgan fingerprint density at radius 3 is 3.05 bits per heavy atom. The molecule has 0 N–H and O–H groups in total. The molecule has 1 aromatic rings. The first kappa shape index (κ1) is 13.5. The summed E-state index contributed by atoms with van der Waals surface area (Å²) in [7, 11) is 2.11. The van der Waals surface area contributed by atoms with Crippen LogP contribution in [0.2, 0.25) is 0 Å². The number of hydrogen-bond acceptors (Lipinski definition) is 4. The molecule has 0 aromatic carbocycles. The zero-order valence-electron chi connectivity index (χ0n) is 12.1. The van der Waals surface area contributed by atoms with Gasteiger partial charge in [0, 0.05) is 25.3 Å². The number of likely N-dealkylation sites (tertiary alicyclic amines) is 1. The number of piperidine rings is 1. The van der Waals surface area contributed by atoms with Crippen molar-refractivity contribution in [1.82, 2.24) is 14.8 Å². The first-order valence-corrected chi connectivity index (χ1v) is 7.20. The summed E-state index contributed by atoms with van der Waals surface area (Å²) in [6, 6.07) is 5.90. The fraction of sp³-hybridized carbons (Fsp3) is 0.600. The minimum atomic E-state index is 0.0334. The first-order valence-electron chi connectivity index (χ1n) is 7.20. The van der Waals surface area contributed by atoms with Gasteiger partial charge in [-0.25, -0.2) is 4.98 Å². The first-order chi connectivity index (χ1) is 9.65. The normalized spacial score (nSPS) is 27.2. The lowest BCUT2D eigenvalue weighted by Crippen LogP contribution is -2.59. The number of fused-ring (bicyclic) bond motifs is 1. The number of carbonyl (C=O) groups is 1. The molecule has 0 radical (unpaired) electrons. The molecule has 0 unspecified atom stereocenters. The van der Waals surface area contributed by atoms with E-state index in [1.54, 1.807) is 6.07 Å². The number of morpholine rings is 1. The van der Waals surface area contributed by atoms with Crippen molar-refractivity contribution in [3.8, 4) is 0 Å². The molecule has 3 heterocycles. The van der Waals surface area contributed by atoms with E-state index in [0.29, 0.717) is 11.7 Å². The molecule has 108 valence electrons. The van der Waals surface area contributed by atoms with Gasteiger partial charge in [-0.15, -0.1) is 0 Å². The lowest BCUT2D eigenvalue weighted by atomic mass is 9.99. The molecule has 3 rings (SSSR count). The van der Waals surface area contributed by atoms with E-state index in [2.05, 4.69) is 16.9 Å². The molecule has 1 amide bonds. The van der Waals surface area contributed by atoms with Crippen molar-refractivity contribution < 1.29 is 9.53 Å². The Hall–Kier alpha value is -1.46. The van der Waals surface area contributed by atoms with Crippen LogP contribution in [0.4, 0.5) is 0 Å². The fourth-order valence-electron chi connectivity index (χ4n) is 3.05. The second kappa shape index (κ2) is 5.50. The second-order valence-electron chi connectivity index (χ2n) is 5.66. The largest absolute Gasteiger partial charge is 0.375 e. The Bertz CT molecular complexity index is 506. The van der Waals surface area contributed by atoms with Gasteiger partial charge in [0.2, 0.25) is 0 Å². The molecule has 2 aliphatic heterocycles. The van der Waals surface area contributed by atoms with Gasteiger partial charge in [0.1, 0.15) is 5.69 Å². The monoisotopic (exact) mass is 275 g/mol. The Kier molecular flexibility index (Phi) is 3.72. The molecule has 1 aromatic heterocycles. The molecule has 2 saturated heterocycles. The van der Waals surface area contributed by atoms with Crippen molar-refractivity contribution in [2.75, 3.05) is 33.3 Å². The van der Waals surface area contributed by atoms with Crippen LogP contribution >= 0.6 is 0 Å². The molecule has 2 fully saturated rings. The van der Waals surface area contributed by atoms with Crippen molar-refractivity contribution in [3.63, 3.8) is 0 Å².